The molecule has 29 heavy (non-hydrogen) atoms. The molecule has 0 N–H and O–H groups in total. The van der Waals surface area contributed by atoms with Crippen LogP contribution >= 0.6 is 24.0 Å². The molecule has 2 aromatic carbocycles. The van der Waals surface area contributed by atoms with Crippen molar-refractivity contribution in [2.24, 2.45) is 0 Å². The average molecular weight is 424 g/mol. The van der Waals surface area contributed by atoms with E-state index in [4.69, 9.17) is 12.2 Å². The number of amides is 2. The largest absolute Gasteiger partial charge is 0.368 e. The van der Waals surface area contributed by atoms with E-state index in [1.54, 1.807) is 0 Å². The number of rotatable bonds is 4. The van der Waals surface area contributed by atoms with E-state index in [0.29, 0.717) is 22.3 Å². The summed E-state index contributed by atoms with van der Waals surface area (Å²) in [6, 6.07) is 19.8. The number of benzene rings is 2. The van der Waals surface area contributed by atoms with Gasteiger partial charge in [0.15, 0.2) is 0 Å². The number of carbonyl (C=O) groups excluding carboxylic acids is 2. The highest BCUT2D eigenvalue weighted by Gasteiger charge is 2.34. The van der Waals surface area contributed by atoms with E-state index in [1.807, 2.05) is 59.5 Å². The van der Waals surface area contributed by atoms with Gasteiger partial charge in [-0.2, -0.15) is 0 Å². The van der Waals surface area contributed by atoms with Gasteiger partial charge in [-0.15, -0.1) is 0 Å². The van der Waals surface area contributed by atoms with Crippen molar-refractivity contribution >= 4 is 51.9 Å². The zero-order valence-electron chi connectivity index (χ0n) is 15.9. The van der Waals surface area contributed by atoms with Crippen LogP contribution in [0.2, 0.25) is 0 Å². The maximum Gasteiger partial charge on any atom is 0.266 e. The Morgan fingerprint density at radius 2 is 1.59 bits per heavy atom. The normalized spacial score (nSPS) is 18.6. The zero-order chi connectivity index (χ0) is 20.2. The molecule has 4 rings (SSSR count). The Kier molecular flexibility index (Phi) is 5.97. The van der Waals surface area contributed by atoms with Crippen LogP contribution < -0.4 is 4.90 Å². The maximum absolute atomic E-state index is 12.8. The molecule has 2 aliphatic rings. The van der Waals surface area contributed by atoms with Crippen molar-refractivity contribution in [1.29, 1.82) is 0 Å². The Bertz CT molecular complexity index is 939. The summed E-state index contributed by atoms with van der Waals surface area (Å²) in [4.78, 5) is 31.6. The minimum absolute atomic E-state index is 0.00212. The molecule has 0 bridgehead atoms. The van der Waals surface area contributed by atoms with E-state index in [1.165, 1.54) is 22.3 Å². The van der Waals surface area contributed by atoms with Gasteiger partial charge in [-0.25, -0.2) is 0 Å². The van der Waals surface area contributed by atoms with Crippen LogP contribution in [0.15, 0.2) is 65.6 Å². The lowest BCUT2D eigenvalue weighted by Crippen LogP contribution is -2.51. The second kappa shape index (κ2) is 8.80. The molecule has 2 aromatic rings. The molecule has 2 aliphatic heterocycles. The molecule has 0 aromatic heterocycles. The first kappa shape index (κ1) is 19.7. The van der Waals surface area contributed by atoms with Gasteiger partial charge >= 0.3 is 0 Å². The van der Waals surface area contributed by atoms with Crippen LogP contribution in [0.25, 0.3) is 6.08 Å². The monoisotopic (exact) mass is 423 g/mol. The van der Waals surface area contributed by atoms with E-state index >= 15 is 0 Å². The van der Waals surface area contributed by atoms with Crippen LogP contribution in [0, 0.1) is 0 Å². The smallest absolute Gasteiger partial charge is 0.266 e. The first-order valence-electron chi connectivity index (χ1n) is 9.50. The van der Waals surface area contributed by atoms with Gasteiger partial charge in [-0.3, -0.25) is 14.5 Å². The Hall–Kier alpha value is -2.64. The fourth-order valence-electron chi connectivity index (χ4n) is 3.43. The van der Waals surface area contributed by atoms with Crippen LogP contribution in [0.1, 0.15) is 5.56 Å². The Labute approximate surface area is 180 Å². The lowest BCUT2D eigenvalue weighted by atomic mass is 10.2. The van der Waals surface area contributed by atoms with E-state index in [-0.39, 0.29) is 18.4 Å². The summed E-state index contributed by atoms with van der Waals surface area (Å²) in [6.45, 7) is 2.84. The van der Waals surface area contributed by atoms with Crippen molar-refractivity contribution in [3.05, 3.63) is 71.1 Å². The summed E-state index contributed by atoms with van der Waals surface area (Å²) in [5, 5.41) is 0. The topological polar surface area (TPSA) is 43.9 Å². The zero-order valence-corrected chi connectivity index (χ0v) is 17.5. The Morgan fingerprint density at radius 1 is 0.966 bits per heavy atom. The van der Waals surface area contributed by atoms with Gasteiger partial charge in [0.25, 0.3) is 5.91 Å². The summed E-state index contributed by atoms with van der Waals surface area (Å²) in [7, 11) is 0. The predicted octanol–water partition coefficient (Wildman–Crippen LogP) is 3.24. The second-order valence-electron chi connectivity index (χ2n) is 6.88. The molecule has 0 spiro atoms. The quantitative estimate of drug-likeness (QED) is 0.558. The van der Waals surface area contributed by atoms with E-state index in [0.717, 1.165) is 18.7 Å². The highest BCUT2D eigenvalue weighted by Crippen LogP contribution is 2.32. The third-order valence-electron chi connectivity index (χ3n) is 5.02. The van der Waals surface area contributed by atoms with Crippen LogP contribution in [0.3, 0.4) is 0 Å². The molecular formula is C22H21N3O2S2. The molecule has 0 unspecified atom stereocenters. The van der Waals surface area contributed by atoms with Crippen LogP contribution in [0.5, 0.6) is 0 Å². The van der Waals surface area contributed by atoms with E-state index in [9.17, 15) is 9.59 Å². The Balaban J connectivity index is 1.36. The van der Waals surface area contributed by atoms with Gasteiger partial charge in [-0.1, -0.05) is 72.5 Å². The summed E-state index contributed by atoms with van der Waals surface area (Å²) in [5.74, 6) is -0.255. The van der Waals surface area contributed by atoms with Gasteiger partial charge in [0.2, 0.25) is 5.91 Å². The number of hydrogen-bond acceptors (Lipinski definition) is 5. The van der Waals surface area contributed by atoms with Crippen molar-refractivity contribution in [3.8, 4) is 0 Å². The van der Waals surface area contributed by atoms with Crippen molar-refractivity contribution in [2.45, 2.75) is 0 Å². The summed E-state index contributed by atoms with van der Waals surface area (Å²) < 4.78 is 0.438. The molecule has 7 heteroatoms. The molecule has 2 amide bonds. The molecule has 2 saturated heterocycles. The number of anilines is 1. The summed E-state index contributed by atoms with van der Waals surface area (Å²) in [5.41, 5.74) is 2.11. The number of thioether (sulfide) groups is 1. The summed E-state index contributed by atoms with van der Waals surface area (Å²) in [6.07, 6.45) is 1.82. The molecule has 0 atom stereocenters. The second-order valence-corrected chi connectivity index (χ2v) is 8.56. The fourth-order valence-corrected chi connectivity index (χ4v) is 4.68. The predicted molar refractivity (Wildman–Crippen MR) is 122 cm³/mol. The molecule has 0 radical (unpaired) electrons. The van der Waals surface area contributed by atoms with Crippen LogP contribution in [-0.2, 0) is 9.59 Å². The lowest BCUT2D eigenvalue weighted by Gasteiger charge is -2.36. The van der Waals surface area contributed by atoms with E-state index in [2.05, 4.69) is 17.0 Å². The van der Waals surface area contributed by atoms with Gasteiger partial charge in [0, 0.05) is 31.9 Å². The number of hydrogen-bond donors (Lipinski definition) is 0. The summed E-state index contributed by atoms with van der Waals surface area (Å²) >= 11 is 6.61. The van der Waals surface area contributed by atoms with Crippen molar-refractivity contribution in [1.82, 2.24) is 9.80 Å². The minimum Gasteiger partial charge on any atom is -0.368 e. The number of carbonyl (C=O) groups is 2. The third-order valence-corrected chi connectivity index (χ3v) is 6.40. The van der Waals surface area contributed by atoms with Crippen LogP contribution in [-0.4, -0.2) is 58.7 Å². The molecule has 5 nitrogen and oxygen atoms in total. The van der Waals surface area contributed by atoms with Crippen molar-refractivity contribution < 1.29 is 9.59 Å². The lowest BCUT2D eigenvalue weighted by molar-refractivity contribution is -0.135. The standard InChI is InChI=1S/C22H21N3O2S2/c26-20(24-13-11-23(12-14-24)18-9-5-2-6-10-18)16-25-21(27)19(29-22(25)28)15-17-7-3-1-4-8-17/h1-10,15H,11-14,16H2/b19-15+. The van der Waals surface area contributed by atoms with Crippen molar-refractivity contribution in [3.63, 3.8) is 0 Å². The van der Waals surface area contributed by atoms with Crippen LogP contribution in [0.4, 0.5) is 5.69 Å². The fraction of sp³-hybridized carbons (Fsp3) is 0.227. The highest BCUT2D eigenvalue weighted by atomic mass is 32.2. The highest BCUT2D eigenvalue weighted by molar-refractivity contribution is 8.26. The Morgan fingerprint density at radius 3 is 2.24 bits per heavy atom. The first-order valence-corrected chi connectivity index (χ1v) is 10.7. The number of thiocarbonyl (C=S) groups is 1. The van der Waals surface area contributed by atoms with E-state index < -0.39 is 0 Å². The molecule has 148 valence electrons. The minimum atomic E-state index is -0.194. The van der Waals surface area contributed by atoms with Gasteiger partial charge in [-0.05, 0) is 23.8 Å². The number of nitrogens with zero attached hydrogens (tertiary/aromatic N) is 3. The molecule has 2 fully saturated rings. The average Bonchev–Trinajstić information content (AvgIpc) is 3.02. The third kappa shape index (κ3) is 4.52. The van der Waals surface area contributed by atoms with Crippen molar-refractivity contribution in [2.75, 3.05) is 37.6 Å². The molecule has 0 saturated carbocycles. The maximum atomic E-state index is 12.8. The first-order chi connectivity index (χ1) is 14.1. The molecule has 2 heterocycles. The molecular weight excluding hydrogens is 402 g/mol. The number of para-hydroxylation sites is 1. The number of piperazine rings is 1. The SMILES string of the molecule is O=C(CN1C(=O)/C(=C\c2ccccc2)SC1=S)N1CCN(c2ccccc2)CC1. The van der Waals surface area contributed by atoms with Gasteiger partial charge < -0.3 is 9.80 Å². The molecule has 0 aliphatic carbocycles. The van der Waals surface area contributed by atoms with Gasteiger partial charge in [0.05, 0.1) is 4.91 Å². The van der Waals surface area contributed by atoms with Gasteiger partial charge in [0.1, 0.15) is 10.9 Å².